The Labute approximate surface area is 292 Å². The van der Waals surface area contributed by atoms with E-state index < -0.39 is 0 Å². The second kappa shape index (κ2) is 18.7. The van der Waals surface area contributed by atoms with Gasteiger partial charge in [0, 0.05) is 11.0 Å². The smallest absolute Gasteiger partial charge is 0.143 e. The second-order valence-corrected chi connectivity index (χ2v) is 15.1. The van der Waals surface area contributed by atoms with Crippen molar-refractivity contribution in [1.29, 1.82) is 0 Å². The highest BCUT2D eigenvalue weighted by atomic mass is 16.6. The Hall–Kier alpha value is -2.94. The van der Waals surface area contributed by atoms with E-state index in [1.54, 1.807) is 5.56 Å². The lowest BCUT2D eigenvalue weighted by Gasteiger charge is -2.33. The maximum absolute atomic E-state index is 5.24. The second-order valence-electron chi connectivity index (χ2n) is 15.1. The average molecular weight is 649 g/mol. The molecule has 3 heteroatoms. The first kappa shape index (κ1) is 36.3. The number of aromatic nitrogens is 2. The minimum Gasteiger partial charge on any atom is -0.243 e. The van der Waals surface area contributed by atoms with Crippen LogP contribution >= 0.6 is 0 Å². The molecule has 0 aliphatic heterocycles. The number of unbranched alkanes of at least 4 members (excludes halogenated alkanes) is 18. The lowest BCUT2D eigenvalue weighted by Crippen LogP contribution is -2.25. The molecule has 1 aliphatic rings. The normalized spacial score (nSPS) is 13.3. The molecule has 0 N–H and O–H groups in total. The highest BCUT2D eigenvalue weighted by Crippen LogP contribution is 2.55. The van der Waals surface area contributed by atoms with E-state index in [0.29, 0.717) is 0 Å². The quantitative estimate of drug-likeness (QED) is 0.0751. The molecule has 0 saturated carbocycles. The van der Waals surface area contributed by atoms with Crippen molar-refractivity contribution in [3.8, 4) is 22.3 Å². The predicted molar refractivity (Wildman–Crippen MR) is 206 cm³/mol. The molecule has 0 bridgehead atoms. The highest BCUT2D eigenvalue weighted by molar-refractivity contribution is 5.94. The zero-order valence-electron chi connectivity index (χ0n) is 31.0. The Morgan fingerprint density at radius 1 is 0.479 bits per heavy atom. The van der Waals surface area contributed by atoms with Crippen LogP contribution in [0.15, 0.2) is 53.2 Å². The summed E-state index contributed by atoms with van der Waals surface area (Å²) in [6.07, 6.45) is 30.1. The Morgan fingerprint density at radius 2 is 0.938 bits per heavy atom. The van der Waals surface area contributed by atoms with Crippen LogP contribution in [0.25, 0.3) is 33.3 Å². The lowest BCUT2D eigenvalue weighted by atomic mass is 9.70. The summed E-state index contributed by atoms with van der Waals surface area (Å²) in [7, 11) is 0. The molecule has 0 radical (unpaired) electrons. The van der Waals surface area contributed by atoms with Gasteiger partial charge in [0.2, 0.25) is 0 Å². The van der Waals surface area contributed by atoms with Crippen molar-refractivity contribution in [3.05, 3.63) is 70.8 Å². The van der Waals surface area contributed by atoms with Crippen molar-refractivity contribution >= 4 is 11.0 Å². The topological polar surface area (TPSA) is 38.9 Å². The Kier molecular flexibility index (Phi) is 14.2. The average Bonchev–Trinajstić information content (AvgIpc) is 3.69. The molecule has 0 atom stereocenters. The standard InChI is InChI=1S/C45H64N2O/c1-5-7-9-11-13-15-17-19-21-23-31-45(32-24-22-20-18-16-14-12-10-8-6-2)41-33-35(3)25-28-39(41)40-30-27-37(34-42(40)45)38-29-26-36(4)43-44(38)47-48-46-43/h25-30,33-34H,5-24,31-32H2,1-4H3. The molecule has 1 aromatic heterocycles. The van der Waals surface area contributed by atoms with E-state index >= 15 is 0 Å². The van der Waals surface area contributed by atoms with Gasteiger partial charge in [-0.2, -0.15) is 0 Å². The first-order chi connectivity index (χ1) is 23.6. The van der Waals surface area contributed by atoms with Gasteiger partial charge in [-0.3, -0.25) is 0 Å². The fourth-order valence-corrected chi connectivity index (χ4v) is 8.49. The molecule has 48 heavy (non-hydrogen) atoms. The van der Waals surface area contributed by atoms with Gasteiger partial charge in [-0.1, -0.05) is 190 Å². The summed E-state index contributed by atoms with van der Waals surface area (Å²) in [5.74, 6) is 0. The van der Waals surface area contributed by atoms with Gasteiger partial charge in [0.1, 0.15) is 11.0 Å². The van der Waals surface area contributed by atoms with E-state index in [2.05, 4.69) is 86.5 Å². The van der Waals surface area contributed by atoms with Gasteiger partial charge >= 0.3 is 0 Å². The number of hydrogen-bond acceptors (Lipinski definition) is 3. The van der Waals surface area contributed by atoms with Gasteiger partial charge in [0.05, 0.1) is 0 Å². The van der Waals surface area contributed by atoms with Crippen molar-refractivity contribution < 1.29 is 4.63 Å². The van der Waals surface area contributed by atoms with Crippen LogP contribution in [0, 0.1) is 13.8 Å². The summed E-state index contributed by atoms with van der Waals surface area (Å²) in [4.78, 5) is 0. The molecule has 0 unspecified atom stereocenters. The first-order valence-corrected chi connectivity index (χ1v) is 20.1. The zero-order valence-corrected chi connectivity index (χ0v) is 31.0. The van der Waals surface area contributed by atoms with Gasteiger partial charge in [-0.15, -0.1) is 0 Å². The molecule has 1 heterocycles. The van der Waals surface area contributed by atoms with Crippen LogP contribution in [-0.2, 0) is 5.41 Å². The van der Waals surface area contributed by atoms with E-state index in [-0.39, 0.29) is 5.41 Å². The number of benzene rings is 3. The predicted octanol–water partition coefficient (Wildman–Crippen LogP) is 14.4. The van der Waals surface area contributed by atoms with Crippen molar-refractivity contribution in [1.82, 2.24) is 10.3 Å². The molecular formula is C45H64N2O. The molecule has 4 aromatic rings. The molecule has 0 fully saturated rings. The van der Waals surface area contributed by atoms with Crippen LogP contribution in [0.3, 0.4) is 0 Å². The maximum Gasteiger partial charge on any atom is 0.143 e. The largest absolute Gasteiger partial charge is 0.243 e. The molecule has 0 spiro atoms. The Morgan fingerprint density at radius 3 is 1.50 bits per heavy atom. The minimum atomic E-state index is 0.0683. The number of aryl methyl sites for hydroxylation is 2. The molecule has 0 saturated heterocycles. The molecular weight excluding hydrogens is 585 g/mol. The third-order valence-electron chi connectivity index (χ3n) is 11.4. The third-order valence-corrected chi connectivity index (χ3v) is 11.4. The van der Waals surface area contributed by atoms with E-state index in [0.717, 1.165) is 22.2 Å². The van der Waals surface area contributed by atoms with E-state index in [9.17, 15) is 0 Å². The molecule has 0 amide bonds. The number of rotatable bonds is 23. The first-order valence-electron chi connectivity index (χ1n) is 20.1. The van der Waals surface area contributed by atoms with Gasteiger partial charge in [0.25, 0.3) is 0 Å². The van der Waals surface area contributed by atoms with Crippen LogP contribution in [-0.4, -0.2) is 10.3 Å². The lowest BCUT2D eigenvalue weighted by molar-refractivity contribution is 0.315. The summed E-state index contributed by atoms with van der Waals surface area (Å²) in [5, 5.41) is 8.60. The van der Waals surface area contributed by atoms with Crippen LogP contribution in [0.2, 0.25) is 0 Å². The number of nitrogens with zero attached hydrogens (tertiary/aromatic N) is 2. The molecule has 3 aromatic carbocycles. The van der Waals surface area contributed by atoms with Crippen molar-refractivity contribution in [2.75, 3.05) is 0 Å². The summed E-state index contributed by atoms with van der Waals surface area (Å²) >= 11 is 0. The number of fused-ring (bicyclic) bond motifs is 4. The summed E-state index contributed by atoms with van der Waals surface area (Å²) < 4.78 is 5.24. The molecule has 5 rings (SSSR count). The molecule has 3 nitrogen and oxygen atoms in total. The van der Waals surface area contributed by atoms with Crippen LogP contribution in [0.1, 0.15) is 177 Å². The number of hydrogen-bond donors (Lipinski definition) is 0. The Bertz CT molecular complexity index is 1520. The third kappa shape index (κ3) is 8.99. The Balaban J connectivity index is 1.35. The summed E-state index contributed by atoms with van der Waals surface area (Å²) in [6, 6.07) is 18.9. The molecule has 1 aliphatic carbocycles. The van der Waals surface area contributed by atoms with Gasteiger partial charge in [-0.05, 0) is 76.4 Å². The van der Waals surface area contributed by atoms with Gasteiger partial charge in [0.15, 0.2) is 0 Å². The molecule has 260 valence electrons. The maximum atomic E-state index is 5.24. The van der Waals surface area contributed by atoms with E-state index in [1.165, 1.54) is 169 Å². The highest BCUT2D eigenvalue weighted by Gasteiger charge is 2.42. The fourth-order valence-electron chi connectivity index (χ4n) is 8.49. The minimum absolute atomic E-state index is 0.0683. The summed E-state index contributed by atoms with van der Waals surface area (Å²) in [5.41, 5.74) is 12.7. The van der Waals surface area contributed by atoms with E-state index in [4.69, 9.17) is 4.63 Å². The fraction of sp³-hybridized carbons (Fsp3) is 0.600. The van der Waals surface area contributed by atoms with Crippen LogP contribution < -0.4 is 0 Å². The van der Waals surface area contributed by atoms with Crippen LogP contribution in [0.5, 0.6) is 0 Å². The van der Waals surface area contributed by atoms with Crippen molar-refractivity contribution in [2.24, 2.45) is 0 Å². The van der Waals surface area contributed by atoms with E-state index in [1.807, 2.05) is 0 Å². The SMILES string of the molecule is CCCCCCCCCCCCC1(CCCCCCCCCCCC)c2cc(C)ccc2-c2ccc(-c3ccc(C)c4nonc34)cc21. The van der Waals surface area contributed by atoms with Crippen molar-refractivity contribution in [3.63, 3.8) is 0 Å². The zero-order chi connectivity index (χ0) is 33.6. The monoisotopic (exact) mass is 649 g/mol. The van der Waals surface area contributed by atoms with Crippen molar-refractivity contribution in [2.45, 2.75) is 174 Å². The van der Waals surface area contributed by atoms with Crippen LogP contribution in [0.4, 0.5) is 0 Å². The van der Waals surface area contributed by atoms with Gasteiger partial charge < -0.3 is 0 Å². The summed E-state index contributed by atoms with van der Waals surface area (Å²) in [6.45, 7) is 8.98. The van der Waals surface area contributed by atoms with Gasteiger partial charge in [-0.25, -0.2) is 4.63 Å².